The normalized spacial score (nSPS) is 39.6. The monoisotopic (exact) mass is 757 g/mol. The summed E-state index contributed by atoms with van der Waals surface area (Å²) in [6, 6.07) is -3.34. The third kappa shape index (κ3) is 7.91. The molecular weight excluding hydrogens is 718 g/mol. The Labute approximate surface area is 287 Å². The van der Waals surface area contributed by atoms with Crippen LogP contribution in [-0.2, 0) is 43.1 Å². The number of esters is 1. The van der Waals surface area contributed by atoms with Crippen molar-refractivity contribution in [3.05, 3.63) is 12.7 Å². The molecule has 26 heteroatoms. The third-order valence-electron chi connectivity index (χ3n) is 8.65. The lowest BCUT2D eigenvalue weighted by atomic mass is 9.84. The topological polar surface area (TPSA) is 410 Å². The van der Waals surface area contributed by atoms with Crippen molar-refractivity contribution in [2.45, 2.75) is 97.8 Å². The first-order chi connectivity index (χ1) is 24.0. The zero-order valence-corrected chi connectivity index (χ0v) is 27.0. The molecule has 0 aromatic carbocycles. The van der Waals surface area contributed by atoms with Crippen molar-refractivity contribution < 1.29 is 86.5 Å². The van der Waals surface area contributed by atoms with Gasteiger partial charge in [-0.1, -0.05) is 0 Å². The summed E-state index contributed by atoms with van der Waals surface area (Å²) in [6.45, 7) is -2.61. The number of aliphatic hydroxyl groups excluding tert-OH is 8. The van der Waals surface area contributed by atoms with Crippen LogP contribution < -0.4 is 17.2 Å². The molecule has 4 heterocycles. The number of carbonyl (C=O) groups is 1. The number of fused-ring (bicyclic) bond motifs is 1. The molecule has 3 aliphatic rings. The lowest BCUT2D eigenvalue weighted by Gasteiger charge is -2.48. The molecule has 1 saturated carbocycles. The van der Waals surface area contributed by atoms with Crippen LogP contribution in [0.15, 0.2) is 12.7 Å². The second kappa shape index (κ2) is 15.6. The zero-order chi connectivity index (χ0) is 37.5. The van der Waals surface area contributed by atoms with E-state index >= 15 is 0 Å². The molecule has 288 valence electrons. The highest BCUT2D eigenvalue weighted by atomic mass is 32.3. The molecule has 0 unspecified atom stereocenters. The molecule has 51 heavy (non-hydrogen) atoms. The van der Waals surface area contributed by atoms with Crippen molar-refractivity contribution in [2.24, 2.45) is 11.5 Å². The second-order valence-corrected chi connectivity index (χ2v) is 13.0. The lowest BCUT2D eigenvalue weighted by Crippen LogP contribution is -2.70. The minimum Gasteiger partial charge on any atom is -0.455 e. The third-order valence-corrected chi connectivity index (χ3v) is 9.11. The van der Waals surface area contributed by atoms with Gasteiger partial charge in [0.2, 0.25) is 0 Å². The average molecular weight is 758 g/mol. The van der Waals surface area contributed by atoms with E-state index in [0.29, 0.717) is 0 Å². The first kappa shape index (κ1) is 39.3. The Balaban J connectivity index is 1.44. The van der Waals surface area contributed by atoms with Gasteiger partial charge in [-0.05, 0) is 0 Å². The smallest absolute Gasteiger partial charge is 0.397 e. The van der Waals surface area contributed by atoms with Crippen LogP contribution in [0.1, 0.15) is 6.23 Å². The van der Waals surface area contributed by atoms with Crippen LogP contribution in [0.5, 0.6) is 0 Å². The Morgan fingerprint density at radius 3 is 2.22 bits per heavy atom. The summed E-state index contributed by atoms with van der Waals surface area (Å²) in [5.74, 6) is -1.41. The molecule has 5 rings (SSSR count). The van der Waals surface area contributed by atoms with Gasteiger partial charge < -0.3 is 81.7 Å². The largest absolute Gasteiger partial charge is 0.455 e. The Morgan fingerprint density at radius 1 is 0.902 bits per heavy atom. The number of nitrogen functional groups attached to an aromatic ring is 1. The standard InChI is InChI=1S/C25H39N7O18S/c26-6(1-33)24(41)48-20-18(45-3-8-12(36)14(38)23(46-8)32-5-31-10-21(28)29-4-30-22(10)32)15(39)17(16(40)19(20)50-51(42,43)44)49-25-9(27)13(37)11(35)7(2-34)47-25/h4-9,11-20,23,25,33-40H,1-3,26-27H2,(H2,28,29,30)(H,42,43,44)/t6-,7-,8+,9-,11+,12+,13+,14+,15+,16+,17-,18-,19+,20+,23+,25+/m0/s1. The molecule has 0 radical (unpaired) electrons. The number of ether oxygens (including phenoxy) is 5. The molecule has 2 aliphatic heterocycles. The molecule has 0 spiro atoms. The number of aromatic nitrogens is 4. The SMILES string of the molecule is Nc1ncnc2c1ncn2[C@@H]1O[C@H](CO[C@H]2[C@H](O)[C@H](O[C@H]3O[C@@H](CO)[C@@H](O)[C@H](O)[C@@H]3N)[C@@H](O)[C@@H](OS(=O)(=O)O)[C@@H]2OC(=O)[C@@H](N)CO)[C@@H](O)[C@H]1O. The number of nitrogens with two attached hydrogens (primary N) is 3. The summed E-state index contributed by atoms with van der Waals surface area (Å²) in [6.07, 6.45) is -23.8. The maximum absolute atomic E-state index is 12.7. The van der Waals surface area contributed by atoms with Gasteiger partial charge in [0, 0.05) is 0 Å². The molecule has 2 saturated heterocycles. The van der Waals surface area contributed by atoms with Crippen molar-refractivity contribution in [2.75, 3.05) is 25.6 Å². The van der Waals surface area contributed by atoms with Crippen molar-refractivity contribution >= 4 is 33.4 Å². The summed E-state index contributed by atoms with van der Waals surface area (Å²) >= 11 is 0. The number of imidazole rings is 1. The highest BCUT2D eigenvalue weighted by molar-refractivity contribution is 7.80. The van der Waals surface area contributed by atoms with Gasteiger partial charge in [-0.25, -0.2) is 19.1 Å². The maximum Gasteiger partial charge on any atom is 0.397 e. The Kier molecular flexibility index (Phi) is 12.0. The van der Waals surface area contributed by atoms with Crippen molar-refractivity contribution in [3.63, 3.8) is 0 Å². The fourth-order valence-electron chi connectivity index (χ4n) is 5.93. The summed E-state index contributed by atoms with van der Waals surface area (Å²) < 4.78 is 67.0. The Morgan fingerprint density at radius 2 is 1.57 bits per heavy atom. The van der Waals surface area contributed by atoms with Gasteiger partial charge in [0.25, 0.3) is 0 Å². The molecule has 25 nitrogen and oxygen atoms in total. The summed E-state index contributed by atoms with van der Waals surface area (Å²) in [7, 11) is -5.50. The summed E-state index contributed by atoms with van der Waals surface area (Å²) in [5, 5.41) is 83.9. The lowest BCUT2D eigenvalue weighted by molar-refractivity contribution is -0.319. The Hall–Kier alpha value is -2.87. The maximum atomic E-state index is 12.7. The van der Waals surface area contributed by atoms with Crippen molar-refractivity contribution in [1.29, 1.82) is 0 Å². The fraction of sp³-hybridized carbons (Fsp3) is 0.760. The minimum absolute atomic E-state index is 0.0113. The van der Waals surface area contributed by atoms with E-state index in [1.807, 2.05) is 0 Å². The van der Waals surface area contributed by atoms with E-state index in [0.717, 1.165) is 6.33 Å². The molecule has 0 amide bonds. The van der Waals surface area contributed by atoms with Crippen LogP contribution in [0.2, 0.25) is 0 Å². The first-order valence-electron chi connectivity index (χ1n) is 15.2. The van der Waals surface area contributed by atoms with E-state index in [2.05, 4.69) is 19.1 Å². The van der Waals surface area contributed by atoms with Gasteiger partial charge in [0.05, 0.1) is 32.2 Å². The molecule has 16 atom stereocenters. The molecule has 2 aromatic rings. The summed E-state index contributed by atoms with van der Waals surface area (Å²) in [4.78, 5) is 24.6. The first-order valence-corrected chi connectivity index (χ1v) is 16.5. The van der Waals surface area contributed by atoms with Gasteiger partial charge in [-0.3, -0.25) is 13.9 Å². The van der Waals surface area contributed by atoms with Crippen LogP contribution >= 0.6 is 0 Å². The number of aliphatic hydroxyl groups is 8. The van der Waals surface area contributed by atoms with E-state index in [1.165, 1.54) is 10.9 Å². The molecule has 0 bridgehead atoms. The van der Waals surface area contributed by atoms with Crippen LogP contribution in [0, 0.1) is 0 Å². The minimum atomic E-state index is -5.50. The van der Waals surface area contributed by atoms with Gasteiger partial charge in [-0.2, -0.15) is 8.42 Å². The van der Waals surface area contributed by atoms with Gasteiger partial charge in [0.15, 0.2) is 30.1 Å². The van der Waals surface area contributed by atoms with E-state index in [-0.39, 0.29) is 17.0 Å². The van der Waals surface area contributed by atoms with Gasteiger partial charge in [0.1, 0.15) is 85.0 Å². The average Bonchev–Trinajstić information content (AvgIpc) is 3.64. The van der Waals surface area contributed by atoms with Gasteiger partial charge in [-0.15, -0.1) is 0 Å². The predicted molar refractivity (Wildman–Crippen MR) is 159 cm³/mol. The second-order valence-electron chi connectivity index (χ2n) is 12.0. The highest BCUT2D eigenvalue weighted by Gasteiger charge is 2.58. The molecule has 15 N–H and O–H groups in total. The number of anilines is 1. The van der Waals surface area contributed by atoms with Gasteiger partial charge >= 0.3 is 16.4 Å². The van der Waals surface area contributed by atoms with Crippen LogP contribution in [0.25, 0.3) is 11.2 Å². The Bertz CT molecular complexity index is 1620. The number of nitrogens with zero attached hydrogens (tertiary/aromatic N) is 4. The zero-order valence-electron chi connectivity index (χ0n) is 26.1. The van der Waals surface area contributed by atoms with E-state index in [4.69, 9.17) is 40.9 Å². The molecule has 3 fully saturated rings. The molecular formula is C25H39N7O18S. The van der Waals surface area contributed by atoms with E-state index in [9.17, 15) is 58.6 Å². The predicted octanol–water partition coefficient (Wildman–Crippen LogP) is -8.28. The van der Waals surface area contributed by atoms with E-state index in [1.54, 1.807) is 0 Å². The summed E-state index contributed by atoms with van der Waals surface area (Å²) in [5.41, 5.74) is 17.5. The molecule has 2 aromatic heterocycles. The number of carbonyl (C=O) groups excluding carboxylic acids is 1. The van der Waals surface area contributed by atoms with Crippen molar-refractivity contribution in [1.82, 2.24) is 19.5 Å². The van der Waals surface area contributed by atoms with Crippen LogP contribution in [-0.4, -0.2) is 191 Å². The number of hydrogen-bond acceptors (Lipinski definition) is 23. The molecule has 1 aliphatic carbocycles. The fourth-order valence-corrected chi connectivity index (χ4v) is 6.43. The number of hydrogen-bond donors (Lipinski definition) is 12. The number of rotatable bonds is 12. The van der Waals surface area contributed by atoms with Crippen LogP contribution in [0.3, 0.4) is 0 Å². The highest BCUT2D eigenvalue weighted by Crippen LogP contribution is 2.36. The van der Waals surface area contributed by atoms with Crippen LogP contribution in [0.4, 0.5) is 5.82 Å². The van der Waals surface area contributed by atoms with Crippen molar-refractivity contribution in [3.8, 4) is 0 Å². The quantitative estimate of drug-likeness (QED) is 0.0706. The van der Waals surface area contributed by atoms with E-state index < -0.39 is 134 Å².